The number of carbonyl (C=O) groups excluding carboxylic acids is 2. The molecule has 1 aromatic heterocycles. The van der Waals surface area contributed by atoms with Crippen LogP contribution in [0.4, 0.5) is 0 Å². The van der Waals surface area contributed by atoms with Crippen molar-refractivity contribution < 1.29 is 27.2 Å². The summed E-state index contributed by atoms with van der Waals surface area (Å²) in [6.45, 7) is 4.52. The highest BCUT2D eigenvalue weighted by atomic mass is 32.2. The highest BCUT2D eigenvalue weighted by Gasteiger charge is 2.41. The van der Waals surface area contributed by atoms with Crippen molar-refractivity contribution in [2.75, 3.05) is 19.7 Å². The average Bonchev–Trinajstić information content (AvgIpc) is 3.50. The van der Waals surface area contributed by atoms with Gasteiger partial charge in [0.1, 0.15) is 5.76 Å². The largest absolute Gasteiger partial charge is 0.467 e. The summed E-state index contributed by atoms with van der Waals surface area (Å²) < 4.78 is 38.1. The van der Waals surface area contributed by atoms with Gasteiger partial charge >= 0.3 is 5.97 Å². The Morgan fingerprint density at radius 3 is 2.33 bits per heavy atom. The smallest absolute Gasteiger partial charge is 0.338 e. The van der Waals surface area contributed by atoms with Crippen LogP contribution in [0.15, 0.2) is 52.0 Å². The van der Waals surface area contributed by atoms with E-state index < -0.39 is 16.0 Å². The van der Waals surface area contributed by atoms with Crippen molar-refractivity contribution >= 4 is 21.9 Å². The number of furan rings is 1. The third-order valence-electron chi connectivity index (χ3n) is 6.37. The van der Waals surface area contributed by atoms with Gasteiger partial charge in [-0.2, -0.15) is 4.31 Å². The van der Waals surface area contributed by atoms with Gasteiger partial charge in [-0.1, -0.05) is 0 Å². The number of carbonyl (C=O) groups is 2. The highest BCUT2D eigenvalue weighted by molar-refractivity contribution is 7.89. The molecule has 1 saturated carbocycles. The van der Waals surface area contributed by atoms with E-state index in [-0.39, 0.29) is 48.5 Å². The lowest BCUT2D eigenvalue weighted by Crippen LogP contribution is -2.45. The Labute approximate surface area is 194 Å². The van der Waals surface area contributed by atoms with Crippen LogP contribution in [-0.2, 0) is 19.6 Å². The maximum atomic E-state index is 13.4. The van der Waals surface area contributed by atoms with Crippen LogP contribution in [0, 0.1) is 5.92 Å². The van der Waals surface area contributed by atoms with Crippen molar-refractivity contribution in [2.24, 2.45) is 5.92 Å². The second-order valence-corrected chi connectivity index (χ2v) is 10.5. The molecule has 0 bridgehead atoms. The van der Waals surface area contributed by atoms with Crippen molar-refractivity contribution in [1.29, 1.82) is 0 Å². The average molecular weight is 475 g/mol. The van der Waals surface area contributed by atoms with Crippen molar-refractivity contribution in [2.45, 2.75) is 56.5 Å². The molecule has 1 aliphatic heterocycles. The first-order chi connectivity index (χ1) is 15.8. The van der Waals surface area contributed by atoms with Gasteiger partial charge in [-0.15, -0.1) is 0 Å². The number of benzene rings is 1. The van der Waals surface area contributed by atoms with Gasteiger partial charge < -0.3 is 14.1 Å². The number of hydrogen-bond acceptors (Lipinski definition) is 6. The van der Waals surface area contributed by atoms with Crippen LogP contribution in [0.1, 0.15) is 61.7 Å². The molecule has 2 heterocycles. The van der Waals surface area contributed by atoms with Crippen LogP contribution in [0.2, 0.25) is 0 Å². The Morgan fingerprint density at radius 1 is 1.12 bits per heavy atom. The molecule has 2 aromatic rings. The summed E-state index contributed by atoms with van der Waals surface area (Å²) in [4.78, 5) is 27.2. The minimum Gasteiger partial charge on any atom is -0.467 e. The van der Waals surface area contributed by atoms with Gasteiger partial charge in [-0.25, -0.2) is 13.2 Å². The first kappa shape index (κ1) is 23.5. The second-order valence-electron chi connectivity index (χ2n) is 8.59. The molecular formula is C24H30N2O6S. The number of hydrogen-bond donors (Lipinski definition) is 0. The van der Waals surface area contributed by atoms with Crippen LogP contribution in [-0.4, -0.2) is 55.2 Å². The van der Waals surface area contributed by atoms with Crippen molar-refractivity contribution in [3.8, 4) is 0 Å². The number of piperidine rings is 1. The number of nitrogens with zero attached hydrogens (tertiary/aromatic N) is 2. The Hall–Kier alpha value is -2.65. The molecule has 1 unspecified atom stereocenters. The summed E-state index contributed by atoms with van der Waals surface area (Å²) in [5, 5.41) is 0. The van der Waals surface area contributed by atoms with Crippen molar-refractivity contribution in [1.82, 2.24) is 9.21 Å². The zero-order chi connectivity index (χ0) is 23.6. The quantitative estimate of drug-likeness (QED) is 0.542. The van der Waals surface area contributed by atoms with E-state index in [0.29, 0.717) is 18.4 Å². The molecule has 0 N–H and O–H groups in total. The fraction of sp³-hybridized carbons (Fsp3) is 0.500. The van der Waals surface area contributed by atoms with Gasteiger partial charge in [-0.3, -0.25) is 4.79 Å². The van der Waals surface area contributed by atoms with Gasteiger partial charge in [0.05, 0.1) is 29.4 Å². The topological polar surface area (TPSA) is 97.1 Å². The molecule has 178 valence electrons. The lowest BCUT2D eigenvalue weighted by Gasteiger charge is -2.36. The third kappa shape index (κ3) is 4.99. The fourth-order valence-electron chi connectivity index (χ4n) is 4.39. The van der Waals surface area contributed by atoms with Crippen LogP contribution >= 0.6 is 0 Å². The number of ether oxygens (including phenoxy) is 1. The lowest BCUT2D eigenvalue weighted by atomic mass is 9.95. The van der Waals surface area contributed by atoms with E-state index in [2.05, 4.69) is 0 Å². The molecule has 1 amide bonds. The fourth-order valence-corrected chi connectivity index (χ4v) is 5.86. The standard InChI is InChI=1S/C24H30N2O6S/c1-3-31-24(28)19-6-10-21(11-7-19)33(29,30)25-14-12-18(13-15-25)23(27)26(20-8-9-20)17(2)22-5-4-16-32-22/h4-7,10-11,16-18,20H,3,8-9,12-15H2,1-2H3. The molecule has 2 aliphatic rings. The summed E-state index contributed by atoms with van der Waals surface area (Å²) in [6.07, 6.45) is 4.56. The van der Waals surface area contributed by atoms with Crippen LogP contribution in [0.25, 0.3) is 0 Å². The Kier molecular flexibility index (Phi) is 6.90. The number of sulfonamides is 1. The zero-order valence-electron chi connectivity index (χ0n) is 19.0. The predicted octanol–water partition coefficient (Wildman–Crippen LogP) is 3.61. The van der Waals surface area contributed by atoms with Gasteiger partial charge in [0.15, 0.2) is 0 Å². The van der Waals surface area contributed by atoms with E-state index in [1.807, 2.05) is 24.0 Å². The monoisotopic (exact) mass is 474 g/mol. The molecule has 1 atom stereocenters. The molecule has 0 spiro atoms. The molecule has 2 fully saturated rings. The number of rotatable bonds is 8. The lowest BCUT2D eigenvalue weighted by molar-refractivity contribution is -0.140. The second kappa shape index (κ2) is 9.69. The minimum atomic E-state index is -3.70. The van der Waals surface area contributed by atoms with E-state index in [4.69, 9.17) is 9.15 Å². The van der Waals surface area contributed by atoms with E-state index in [1.54, 1.807) is 13.2 Å². The number of esters is 1. The van der Waals surface area contributed by atoms with E-state index in [9.17, 15) is 18.0 Å². The summed E-state index contributed by atoms with van der Waals surface area (Å²) in [7, 11) is -3.70. The van der Waals surface area contributed by atoms with E-state index >= 15 is 0 Å². The van der Waals surface area contributed by atoms with Gasteiger partial charge in [0.2, 0.25) is 15.9 Å². The Morgan fingerprint density at radius 2 is 1.79 bits per heavy atom. The molecule has 0 radical (unpaired) electrons. The molecule has 4 rings (SSSR count). The molecule has 9 heteroatoms. The van der Waals surface area contributed by atoms with Crippen LogP contribution < -0.4 is 0 Å². The van der Waals surface area contributed by atoms with E-state index in [1.165, 1.54) is 28.6 Å². The summed E-state index contributed by atoms with van der Waals surface area (Å²) in [5.74, 6) is 0.157. The molecule has 1 aromatic carbocycles. The molecule has 1 aliphatic carbocycles. The van der Waals surface area contributed by atoms with Gasteiger partial charge in [0.25, 0.3) is 0 Å². The molecule has 1 saturated heterocycles. The zero-order valence-corrected chi connectivity index (χ0v) is 19.8. The van der Waals surface area contributed by atoms with E-state index in [0.717, 1.165) is 18.6 Å². The van der Waals surface area contributed by atoms with Crippen molar-refractivity contribution in [3.05, 3.63) is 54.0 Å². The molecule has 33 heavy (non-hydrogen) atoms. The Balaban J connectivity index is 1.40. The Bertz CT molecular complexity index is 1070. The van der Waals surface area contributed by atoms with Gasteiger partial charge in [-0.05, 0) is 75.9 Å². The first-order valence-corrected chi connectivity index (χ1v) is 12.9. The van der Waals surface area contributed by atoms with Crippen molar-refractivity contribution in [3.63, 3.8) is 0 Å². The summed E-state index contributed by atoms with van der Waals surface area (Å²) in [6, 6.07) is 9.59. The molecule has 8 nitrogen and oxygen atoms in total. The van der Waals surface area contributed by atoms with Crippen LogP contribution in [0.5, 0.6) is 0 Å². The summed E-state index contributed by atoms with van der Waals surface area (Å²) in [5.41, 5.74) is 0.311. The SMILES string of the molecule is CCOC(=O)c1ccc(S(=O)(=O)N2CCC(C(=O)N(C3CC3)C(C)c3ccco3)CC2)cc1. The molecular weight excluding hydrogens is 444 g/mol. The predicted molar refractivity (Wildman–Crippen MR) is 121 cm³/mol. The minimum absolute atomic E-state index is 0.0808. The first-order valence-electron chi connectivity index (χ1n) is 11.5. The summed E-state index contributed by atoms with van der Waals surface area (Å²) >= 11 is 0. The maximum Gasteiger partial charge on any atom is 0.338 e. The maximum absolute atomic E-state index is 13.4. The van der Waals surface area contributed by atoms with Crippen LogP contribution in [0.3, 0.4) is 0 Å². The highest BCUT2D eigenvalue weighted by Crippen LogP contribution is 2.37. The number of amides is 1. The normalized spacial score (nSPS) is 18.6. The van der Waals surface area contributed by atoms with Gasteiger partial charge in [0, 0.05) is 25.0 Å². The third-order valence-corrected chi connectivity index (χ3v) is 8.29.